The van der Waals surface area contributed by atoms with Crippen LogP contribution in [0.1, 0.15) is 155 Å². The summed E-state index contributed by atoms with van der Waals surface area (Å²) in [6.07, 6.45) is 60.1. The Bertz CT molecular complexity index is 1380. The molecular weight excluding hydrogens is 790 g/mol. The highest BCUT2D eigenvalue weighted by molar-refractivity contribution is 7.47. The van der Waals surface area contributed by atoms with Crippen molar-refractivity contribution in [2.24, 2.45) is 5.73 Å². The number of aliphatic carboxylic acids is 1. The molecule has 0 aliphatic rings. The highest BCUT2D eigenvalue weighted by Crippen LogP contribution is 2.43. The van der Waals surface area contributed by atoms with Crippen molar-refractivity contribution < 1.29 is 42.7 Å². The first-order valence-corrected chi connectivity index (χ1v) is 24.4. The maximum Gasteiger partial charge on any atom is 0.472 e. The Kier molecular flexibility index (Phi) is 42.2. The van der Waals surface area contributed by atoms with Gasteiger partial charge < -0.3 is 25.2 Å². The number of phosphoric ester groups is 1. The number of carboxylic acid groups (broad SMARTS) is 1. The Labute approximate surface area is 370 Å². The summed E-state index contributed by atoms with van der Waals surface area (Å²) in [5, 5.41) is 8.91. The minimum atomic E-state index is -4.64. The minimum absolute atomic E-state index is 0.0137. The number of nitrogens with two attached hydrogens (primary N) is 1. The lowest BCUT2D eigenvalue weighted by atomic mass is 10.1. The van der Waals surface area contributed by atoms with Gasteiger partial charge in [-0.1, -0.05) is 162 Å². The normalized spacial score (nSPS) is 14.8. The molecule has 0 rings (SSSR count). The van der Waals surface area contributed by atoms with Crippen molar-refractivity contribution in [1.82, 2.24) is 0 Å². The Morgan fingerprint density at radius 3 is 1.34 bits per heavy atom. The smallest absolute Gasteiger partial charge is 0.472 e. The fraction of sp³-hybridized carbons (Fsp3) is 0.600. The van der Waals surface area contributed by atoms with Crippen LogP contribution < -0.4 is 5.73 Å². The van der Waals surface area contributed by atoms with Gasteiger partial charge in [-0.3, -0.25) is 18.6 Å². The zero-order chi connectivity index (χ0) is 44.8. The monoisotopic (exact) mass is 872 g/mol. The fourth-order valence-corrected chi connectivity index (χ4v) is 6.34. The molecule has 0 fully saturated rings. The molecule has 0 aromatic carbocycles. The third-order valence-corrected chi connectivity index (χ3v) is 10.00. The van der Waals surface area contributed by atoms with E-state index in [1.165, 1.54) is 32.1 Å². The third-order valence-electron chi connectivity index (χ3n) is 9.05. The highest BCUT2D eigenvalue weighted by Gasteiger charge is 2.27. The number of carbonyl (C=O) groups excluding carboxylic acids is 1. The number of allylic oxidation sites excluding steroid dienone is 18. The van der Waals surface area contributed by atoms with Gasteiger partial charge in [0.2, 0.25) is 0 Å². The van der Waals surface area contributed by atoms with Crippen LogP contribution in [0.5, 0.6) is 0 Å². The summed E-state index contributed by atoms with van der Waals surface area (Å²) in [6.45, 7) is 3.55. The number of ether oxygens (including phenoxy) is 2. The molecule has 3 unspecified atom stereocenters. The third kappa shape index (κ3) is 44.5. The van der Waals surface area contributed by atoms with E-state index in [0.29, 0.717) is 13.0 Å². The molecule has 61 heavy (non-hydrogen) atoms. The lowest BCUT2D eigenvalue weighted by Gasteiger charge is -2.20. The van der Waals surface area contributed by atoms with E-state index in [2.05, 4.69) is 123 Å². The molecule has 0 aromatic heterocycles. The number of hydrogen-bond acceptors (Lipinski definition) is 8. The molecule has 0 amide bonds. The first-order valence-electron chi connectivity index (χ1n) is 22.9. The predicted molar refractivity (Wildman–Crippen MR) is 253 cm³/mol. The quantitative estimate of drug-likeness (QED) is 0.0234. The zero-order valence-electron chi connectivity index (χ0n) is 37.7. The maximum atomic E-state index is 12.6. The van der Waals surface area contributed by atoms with Crippen molar-refractivity contribution in [3.8, 4) is 0 Å². The zero-order valence-corrected chi connectivity index (χ0v) is 38.6. The van der Waals surface area contributed by atoms with Gasteiger partial charge in [0, 0.05) is 13.0 Å². The van der Waals surface area contributed by atoms with E-state index in [0.717, 1.165) is 96.3 Å². The van der Waals surface area contributed by atoms with Gasteiger partial charge in [0.25, 0.3) is 0 Å². The topological polar surface area (TPSA) is 155 Å². The predicted octanol–water partition coefficient (Wildman–Crippen LogP) is 13.1. The first-order chi connectivity index (χ1) is 29.7. The van der Waals surface area contributed by atoms with Crippen LogP contribution in [0, 0.1) is 0 Å². The molecular formula is C50H82NO9P. The SMILES string of the molecule is CC/C=C\C/C=C\C/C=C\C/C=C\C/C=C\CCCCCCCCCCOCC(COP(=O)(O)OCC(N)C(=O)O)OC(=O)CCCC/C=C\C/C=C\C/C=C\C/C=C\CC. The highest BCUT2D eigenvalue weighted by atomic mass is 31.2. The van der Waals surface area contributed by atoms with Crippen LogP contribution in [0.3, 0.4) is 0 Å². The van der Waals surface area contributed by atoms with Gasteiger partial charge >= 0.3 is 19.8 Å². The van der Waals surface area contributed by atoms with E-state index < -0.39 is 45.1 Å². The molecule has 10 nitrogen and oxygen atoms in total. The van der Waals surface area contributed by atoms with Crippen molar-refractivity contribution in [1.29, 1.82) is 0 Å². The molecule has 0 saturated carbocycles. The Morgan fingerprint density at radius 1 is 0.525 bits per heavy atom. The molecule has 0 bridgehead atoms. The summed E-state index contributed by atoms with van der Waals surface area (Å²) in [7, 11) is -4.64. The van der Waals surface area contributed by atoms with E-state index >= 15 is 0 Å². The van der Waals surface area contributed by atoms with Crippen molar-refractivity contribution in [2.45, 2.75) is 167 Å². The van der Waals surface area contributed by atoms with E-state index in [1.807, 2.05) is 0 Å². The van der Waals surface area contributed by atoms with Crippen LogP contribution in [-0.2, 0) is 32.7 Å². The molecule has 3 atom stereocenters. The summed E-state index contributed by atoms with van der Waals surface area (Å²) in [5.74, 6) is -1.84. The van der Waals surface area contributed by atoms with Crippen LogP contribution in [0.25, 0.3) is 0 Å². The molecule has 0 saturated heterocycles. The van der Waals surface area contributed by atoms with Crippen LogP contribution in [-0.4, -0.2) is 60.5 Å². The van der Waals surface area contributed by atoms with E-state index in [-0.39, 0.29) is 13.0 Å². The molecule has 0 aliphatic heterocycles. The molecule has 11 heteroatoms. The van der Waals surface area contributed by atoms with Gasteiger partial charge in [0.05, 0.1) is 19.8 Å². The number of hydrogen-bond donors (Lipinski definition) is 3. The number of rotatable bonds is 42. The lowest BCUT2D eigenvalue weighted by molar-refractivity contribution is -0.154. The second-order valence-corrected chi connectivity index (χ2v) is 16.2. The first kappa shape index (κ1) is 57.6. The summed E-state index contributed by atoms with van der Waals surface area (Å²) < 4.78 is 33.3. The average molecular weight is 872 g/mol. The van der Waals surface area contributed by atoms with E-state index in [4.69, 9.17) is 29.4 Å². The molecule has 4 N–H and O–H groups in total. The minimum Gasteiger partial charge on any atom is -0.480 e. The Morgan fingerprint density at radius 2 is 0.902 bits per heavy atom. The summed E-state index contributed by atoms with van der Waals surface area (Å²) in [6, 6.07) is -1.49. The van der Waals surface area contributed by atoms with Gasteiger partial charge in [-0.25, -0.2) is 4.57 Å². The number of esters is 1. The second kappa shape index (κ2) is 44.7. The number of carbonyl (C=O) groups is 2. The maximum absolute atomic E-state index is 12.6. The molecule has 0 aromatic rings. The second-order valence-electron chi connectivity index (χ2n) is 14.8. The van der Waals surface area contributed by atoms with Crippen LogP contribution in [0.2, 0.25) is 0 Å². The van der Waals surface area contributed by atoms with Crippen molar-refractivity contribution in [3.63, 3.8) is 0 Å². The van der Waals surface area contributed by atoms with Gasteiger partial charge in [0.15, 0.2) is 0 Å². The summed E-state index contributed by atoms with van der Waals surface area (Å²) in [4.78, 5) is 33.6. The Hall–Kier alpha value is -3.37. The van der Waals surface area contributed by atoms with Gasteiger partial charge in [-0.05, 0) is 96.3 Å². The molecule has 0 spiro atoms. The van der Waals surface area contributed by atoms with Crippen molar-refractivity contribution in [2.75, 3.05) is 26.4 Å². The van der Waals surface area contributed by atoms with Crippen LogP contribution in [0.15, 0.2) is 109 Å². The summed E-state index contributed by atoms with van der Waals surface area (Å²) in [5.41, 5.74) is 5.36. The molecule has 346 valence electrons. The number of unbranched alkanes of at least 4 members (excludes halogenated alkanes) is 10. The summed E-state index contributed by atoms with van der Waals surface area (Å²) >= 11 is 0. The van der Waals surface area contributed by atoms with Crippen molar-refractivity contribution >= 4 is 19.8 Å². The molecule has 0 radical (unpaired) electrons. The average Bonchev–Trinajstić information content (AvgIpc) is 3.24. The largest absolute Gasteiger partial charge is 0.480 e. The standard InChI is InChI=1S/C50H82NO9P/c1-3-5-7-9-11-13-15-17-19-20-21-22-23-24-25-26-27-29-31-33-35-37-39-41-43-57-44-47(45-58-61(55,56)59-46-48(51)50(53)54)60-49(52)42-40-38-36-34-32-30-28-18-16-14-12-10-8-6-4-2/h5-8,11-14,17-19,21-22,24-25,28,32,34,47-48H,3-4,9-10,15-16,20,23,26-27,29-31,33,35-46,51H2,1-2H3,(H,53,54)(H,55,56)/b7-5-,8-6-,13-11-,14-12-,19-17-,22-21-,25-24-,28-18-,34-32-. The lowest BCUT2D eigenvalue weighted by Crippen LogP contribution is -2.34. The Balaban J connectivity index is 4.27. The van der Waals surface area contributed by atoms with Crippen molar-refractivity contribution in [3.05, 3.63) is 109 Å². The van der Waals surface area contributed by atoms with Crippen LogP contribution in [0.4, 0.5) is 0 Å². The van der Waals surface area contributed by atoms with Gasteiger partial charge in [-0.15, -0.1) is 0 Å². The van der Waals surface area contributed by atoms with Gasteiger partial charge in [-0.2, -0.15) is 0 Å². The fourth-order valence-electron chi connectivity index (χ4n) is 5.56. The number of phosphoric acid groups is 1. The van der Waals surface area contributed by atoms with Gasteiger partial charge in [0.1, 0.15) is 12.1 Å². The number of carboxylic acids is 1. The van der Waals surface area contributed by atoms with E-state index in [1.54, 1.807) is 0 Å². The van der Waals surface area contributed by atoms with Crippen LogP contribution >= 0.6 is 7.82 Å². The van der Waals surface area contributed by atoms with E-state index in [9.17, 15) is 19.0 Å². The molecule has 0 aliphatic carbocycles. The molecule has 0 heterocycles.